The van der Waals surface area contributed by atoms with Crippen LogP contribution in [-0.4, -0.2) is 52.1 Å². The number of carboxylic acid groups (broad SMARTS) is 1. The fraction of sp³-hybridized carbons (Fsp3) is 0.389. The summed E-state index contributed by atoms with van der Waals surface area (Å²) in [5.41, 5.74) is 1.35. The van der Waals surface area contributed by atoms with Crippen LogP contribution in [-0.2, 0) is 6.42 Å². The summed E-state index contributed by atoms with van der Waals surface area (Å²) in [5.74, 6) is 0.156. The maximum absolute atomic E-state index is 10.8. The SMILES string of the molecule is O=C(O)c1cnc(NCC2CCN(CCc3ccccc3)C2)cn1. The summed E-state index contributed by atoms with van der Waals surface area (Å²) in [6, 6.07) is 10.6. The van der Waals surface area contributed by atoms with Crippen LogP contribution in [0.1, 0.15) is 22.5 Å². The van der Waals surface area contributed by atoms with Crippen molar-refractivity contribution in [1.29, 1.82) is 0 Å². The zero-order chi connectivity index (χ0) is 16.8. The Morgan fingerprint density at radius 1 is 1.25 bits per heavy atom. The average molecular weight is 326 g/mol. The van der Waals surface area contributed by atoms with Gasteiger partial charge in [-0.25, -0.2) is 14.8 Å². The predicted molar refractivity (Wildman–Crippen MR) is 92.2 cm³/mol. The number of carbonyl (C=O) groups is 1. The molecule has 1 atom stereocenters. The van der Waals surface area contributed by atoms with Crippen LogP contribution in [0.25, 0.3) is 0 Å². The van der Waals surface area contributed by atoms with Crippen LogP contribution in [0.4, 0.5) is 5.82 Å². The number of aromatic nitrogens is 2. The van der Waals surface area contributed by atoms with Gasteiger partial charge in [0.1, 0.15) is 5.82 Å². The molecular weight excluding hydrogens is 304 g/mol. The number of nitrogens with zero attached hydrogens (tertiary/aromatic N) is 3. The van der Waals surface area contributed by atoms with Gasteiger partial charge < -0.3 is 15.3 Å². The Bertz CT molecular complexity index is 660. The summed E-state index contributed by atoms with van der Waals surface area (Å²) in [6.45, 7) is 4.14. The van der Waals surface area contributed by atoms with Crippen molar-refractivity contribution in [2.24, 2.45) is 5.92 Å². The summed E-state index contributed by atoms with van der Waals surface area (Å²) < 4.78 is 0. The highest BCUT2D eigenvalue weighted by Crippen LogP contribution is 2.17. The number of anilines is 1. The summed E-state index contributed by atoms with van der Waals surface area (Å²) >= 11 is 0. The monoisotopic (exact) mass is 326 g/mol. The molecule has 6 nitrogen and oxygen atoms in total. The van der Waals surface area contributed by atoms with Crippen molar-refractivity contribution < 1.29 is 9.90 Å². The molecule has 1 saturated heterocycles. The molecule has 126 valence electrons. The van der Waals surface area contributed by atoms with Crippen LogP contribution >= 0.6 is 0 Å². The van der Waals surface area contributed by atoms with E-state index < -0.39 is 5.97 Å². The van der Waals surface area contributed by atoms with E-state index >= 15 is 0 Å². The average Bonchev–Trinajstić information content (AvgIpc) is 3.07. The van der Waals surface area contributed by atoms with E-state index in [1.807, 2.05) is 6.07 Å². The lowest BCUT2D eigenvalue weighted by molar-refractivity contribution is 0.0690. The van der Waals surface area contributed by atoms with Gasteiger partial charge in [-0.2, -0.15) is 0 Å². The van der Waals surface area contributed by atoms with Gasteiger partial charge in [0.25, 0.3) is 0 Å². The van der Waals surface area contributed by atoms with Crippen molar-refractivity contribution in [3.63, 3.8) is 0 Å². The van der Waals surface area contributed by atoms with Gasteiger partial charge in [-0.3, -0.25) is 0 Å². The second kappa shape index (κ2) is 7.88. The molecule has 6 heteroatoms. The minimum absolute atomic E-state index is 0.0338. The Labute approximate surface area is 141 Å². The summed E-state index contributed by atoms with van der Waals surface area (Å²) in [4.78, 5) is 21.2. The van der Waals surface area contributed by atoms with Gasteiger partial charge in [0.05, 0.1) is 12.4 Å². The van der Waals surface area contributed by atoms with E-state index in [1.165, 1.54) is 24.4 Å². The zero-order valence-corrected chi connectivity index (χ0v) is 13.6. The van der Waals surface area contributed by atoms with Crippen molar-refractivity contribution >= 4 is 11.8 Å². The molecule has 0 spiro atoms. The molecule has 0 bridgehead atoms. The highest BCUT2D eigenvalue weighted by Gasteiger charge is 2.22. The molecule has 1 aromatic heterocycles. The van der Waals surface area contributed by atoms with E-state index in [2.05, 4.69) is 44.5 Å². The minimum atomic E-state index is -1.06. The van der Waals surface area contributed by atoms with Gasteiger partial charge in [-0.1, -0.05) is 30.3 Å². The maximum Gasteiger partial charge on any atom is 0.356 e. The number of hydrogen-bond donors (Lipinski definition) is 2. The first-order valence-electron chi connectivity index (χ1n) is 8.26. The maximum atomic E-state index is 10.8. The Kier molecular flexibility index (Phi) is 5.38. The van der Waals surface area contributed by atoms with Gasteiger partial charge >= 0.3 is 5.97 Å². The van der Waals surface area contributed by atoms with Crippen molar-refractivity contribution in [2.45, 2.75) is 12.8 Å². The number of likely N-dealkylation sites (tertiary alicyclic amines) is 1. The standard InChI is InChI=1S/C18H22N4O2/c23-18(24)16-11-21-17(12-19-16)20-10-15-7-9-22(13-15)8-6-14-4-2-1-3-5-14/h1-5,11-12,15H,6-10,13H2,(H,20,21)(H,23,24). The molecule has 3 rings (SSSR count). The number of hydrogen-bond acceptors (Lipinski definition) is 5. The molecule has 2 heterocycles. The van der Waals surface area contributed by atoms with E-state index in [-0.39, 0.29) is 5.69 Å². The van der Waals surface area contributed by atoms with E-state index in [4.69, 9.17) is 5.11 Å². The van der Waals surface area contributed by atoms with Gasteiger partial charge in [0.15, 0.2) is 5.69 Å². The molecule has 1 fully saturated rings. The molecule has 0 amide bonds. The van der Waals surface area contributed by atoms with Crippen LogP contribution in [0.15, 0.2) is 42.7 Å². The number of carboxylic acids is 1. The summed E-state index contributed by atoms with van der Waals surface area (Å²) in [6.07, 6.45) is 5.02. The van der Waals surface area contributed by atoms with Crippen molar-refractivity contribution in [2.75, 3.05) is 31.5 Å². The lowest BCUT2D eigenvalue weighted by Crippen LogP contribution is -2.25. The van der Waals surface area contributed by atoms with Crippen molar-refractivity contribution in [3.05, 3.63) is 54.0 Å². The second-order valence-corrected chi connectivity index (χ2v) is 6.16. The van der Waals surface area contributed by atoms with Gasteiger partial charge in [-0.05, 0) is 30.9 Å². The lowest BCUT2D eigenvalue weighted by Gasteiger charge is -2.16. The van der Waals surface area contributed by atoms with E-state index in [0.29, 0.717) is 11.7 Å². The number of nitrogens with one attached hydrogen (secondary N) is 1. The Morgan fingerprint density at radius 2 is 2.08 bits per heavy atom. The molecule has 24 heavy (non-hydrogen) atoms. The molecule has 1 aliphatic rings. The summed E-state index contributed by atoms with van der Waals surface area (Å²) in [7, 11) is 0. The molecular formula is C18H22N4O2. The van der Waals surface area contributed by atoms with Crippen molar-refractivity contribution in [1.82, 2.24) is 14.9 Å². The number of rotatable bonds is 7. The molecule has 1 unspecified atom stereocenters. The van der Waals surface area contributed by atoms with Crippen LogP contribution in [0.5, 0.6) is 0 Å². The highest BCUT2D eigenvalue weighted by atomic mass is 16.4. The molecule has 0 aliphatic carbocycles. The minimum Gasteiger partial charge on any atom is -0.476 e. The quantitative estimate of drug-likeness (QED) is 0.812. The number of aromatic carboxylic acids is 1. The summed E-state index contributed by atoms with van der Waals surface area (Å²) in [5, 5.41) is 12.1. The Balaban J connectivity index is 1.40. The molecule has 2 aromatic rings. The fourth-order valence-electron chi connectivity index (χ4n) is 2.99. The van der Waals surface area contributed by atoms with Crippen LogP contribution in [0.3, 0.4) is 0 Å². The highest BCUT2D eigenvalue weighted by molar-refractivity contribution is 5.84. The molecule has 0 saturated carbocycles. The van der Waals surface area contributed by atoms with E-state index in [1.54, 1.807) is 0 Å². The topological polar surface area (TPSA) is 78.3 Å². The van der Waals surface area contributed by atoms with E-state index in [0.717, 1.165) is 32.6 Å². The third-order valence-electron chi connectivity index (χ3n) is 4.37. The Hall–Kier alpha value is -2.47. The second-order valence-electron chi connectivity index (χ2n) is 6.16. The Morgan fingerprint density at radius 3 is 2.79 bits per heavy atom. The van der Waals surface area contributed by atoms with E-state index in [9.17, 15) is 4.79 Å². The first-order valence-corrected chi connectivity index (χ1v) is 8.26. The van der Waals surface area contributed by atoms with Crippen molar-refractivity contribution in [3.8, 4) is 0 Å². The van der Waals surface area contributed by atoms with Crippen LogP contribution in [0.2, 0.25) is 0 Å². The molecule has 1 aromatic carbocycles. The molecule has 0 radical (unpaired) electrons. The third-order valence-corrected chi connectivity index (χ3v) is 4.37. The van der Waals surface area contributed by atoms with Gasteiger partial charge in [0.2, 0.25) is 0 Å². The largest absolute Gasteiger partial charge is 0.476 e. The first kappa shape index (κ1) is 16.4. The normalized spacial score (nSPS) is 17.8. The fourth-order valence-corrected chi connectivity index (χ4v) is 2.99. The lowest BCUT2D eigenvalue weighted by atomic mass is 10.1. The molecule has 1 aliphatic heterocycles. The first-order chi connectivity index (χ1) is 11.7. The van der Waals surface area contributed by atoms with Gasteiger partial charge in [0, 0.05) is 19.6 Å². The zero-order valence-electron chi connectivity index (χ0n) is 13.6. The number of benzene rings is 1. The van der Waals surface area contributed by atoms with Crippen LogP contribution < -0.4 is 5.32 Å². The smallest absolute Gasteiger partial charge is 0.356 e. The van der Waals surface area contributed by atoms with Crippen LogP contribution in [0, 0.1) is 5.92 Å². The molecule has 2 N–H and O–H groups in total. The predicted octanol–water partition coefficient (Wildman–Crippen LogP) is 2.15. The third kappa shape index (κ3) is 4.52. The van der Waals surface area contributed by atoms with Gasteiger partial charge in [-0.15, -0.1) is 0 Å².